The average molecular weight is 330 g/mol. The highest BCUT2D eigenvalue weighted by molar-refractivity contribution is 6.42. The molecule has 6 heteroatoms. The average Bonchev–Trinajstić information content (AvgIpc) is 2.42. The highest BCUT2D eigenvalue weighted by Crippen LogP contribution is 2.33. The lowest BCUT2D eigenvalue weighted by Crippen LogP contribution is -2.12. The summed E-state index contributed by atoms with van der Waals surface area (Å²) in [4.78, 5) is 12.1. The van der Waals surface area contributed by atoms with Gasteiger partial charge in [-0.2, -0.15) is 0 Å². The number of anilines is 1. The first-order valence-corrected chi connectivity index (χ1v) is 6.89. The number of hydrogen-bond donors (Lipinski definition) is 2. The number of nitrogens with two attached hydrogens (primary N) is 1. The Morgan fingerprint density at radius 2 is 1.60 bits per heavy atom. The molecule has 3 nitrogen and oxygen atoms in total. The van der Waals surface area contributed by atoms with Crippen LogP contribution in [0.5, 0.6) is 0 Å². The Morgan fingerprint density at radius 1 is 1.05 bits per heavy atom. The van der Waals surface area contributed by atoms with Crippen LogP contribution in [0, 0.1) is 0 Å². The normalized spacial score (nSPS) is 10.4. The van der Waals surface area contributed by atoms with Crippen molar-refractivity contribution in [1.29, 1.82) is 0 Å². The minimum Gasteiger partial charge on any atom is -0.326 e. The molecule has 1 amide bonds. The van der Waals surface area contributed by atoms with Crippen LogP contribution in [-0.4, -0.2) is 5.91 Å². The van der Waals surface area contributed by atoms with Crippen LogP contribution < -0.4 is 11.1 Å². The fourth-order valence-corrected chi connectivity index (χ4v) is 2.55. The maximum absolute atomic E-state index is 12.1. The SMILES string of the molecule is NCc1ccc(C(=O)Nc2c(Cl)cc(Cl)cc2Cl)cc1. The van der Waals surface area contributed by atoms with Crippen molar-refractivity contribution < 1.29 is 4.79 Å². The molecule has 0 saturated heterocycles. The molecule has 0 heterocycles. The smallest absolute Gasteiger partial charge is 0.255 e. The Balaban J connectivity index is 2.23. The van der Waals surface area contributed by atoms with E-state index in [9.17, 15) is 4.79 Å². The summed E-state index contributed by atoms with van der Waals surface area (Å²) in [6.07, 6.45) is 0. The number of rotatable bonds is 3. The highest BCUT2D eigenvalue weighted by atomic mass is 35.5. The van der Waals surface area contributed by atoms with E-state index < -0.39 is 0 Å². The molecule has 0 aromatic heterocycles. The van der Waals surface area contributed by atoms with Crippen LogP contribution >= 0.6 is 34.8 Å². The number of carbonyl (C=O) groups is 1. The predicted molar refractivity (Wildman–Crippen MR) is 83.8 cm³/mol. The lowest BCUT2D eigenvalue weighted by molar-refractivity contribution is 0.102. The van der Waals surface area contributed by atoms with E-state index in [1.807, 2.05) is 0 Å². The Labute approximate surface area is 131 Å². The van der Waals surface area contributed by atoms with Crippen molar-refractivity contribution in [3.05, 3.63) is 62.6 Å². The minimum atomic E-state index is -0.306. The number of halogens is 3. The van der Waals surface area contributed by atoms with E-state index in [1.165, 1.54) is 12.1 Å². The van der Waals surface area contributed by atoms with E-state index in [-0.39, 0.29) is 16.0 Å². The molecule has 0 aliphatic carbocycles. The third-order valence-corrected chi connectivity index (χ3v) is 3.51. The van der Waals surface area contributed by atoms with Crippen molar-refractivity contribution in [2.45, 2.75) is 6.54 Å². The monoisotopic (exact) mass is 328 g/mol. The van der Waals surface area contributed by atoms with Crippen molar-refractivity contribution in [2.75, 3.05) is 5.32 Å². The summed E-state index contributed by atoms with van der Waals surface area (Å²) >= 11 is 17.8. The van der Waals surface area contributed by atoms with Gasteiger partial charge in [0.2, 0.25) is 0 Å². The van der Waals surface area contributed by atoms with E-state index in [2.05, 4.69) is 5.32 Å². The first kappa shape index (κ1) is 15.1. The first-order valence-electron chi connectivity index (χ1n) is 5.76. The molecule has 0 spiro atoms. The molecule has 2 rings (SSSR count). The number of benzene rings is 2. The van der Waals surface area contributed by atoms with Gasteiger partial charge in [-0.15, -0.1) is 0 Å². The van der Waals surface area contributed by atoms with Gasteiger partial charge in [0.15, 0.2) is 0 Å². The Kier molecular flexibility index (Phi) is 4.89. The molecular formula is C14H11Cl3N2O. The van der Waals surface area contributed by atoms with E-state index in [1.54, 1.807) is 24.3 Å². The van der Waals surface area contributed by atoms with E-state index in [4.69, 9.17) is 40.5 Å². The van der Waals surface area contributed by atoms with Crippen LogP contribution in [-0.2, 0) is 6.54 Å². The summed E-state index contributed by atoms with van der Waals surface area (Å²) in [6, 6.07) is 9.99. The van der Waals surface area contributed by atoms with Gasteiger partial charge in [-0.1, -0.05) is 46.9 Å². The molecule has 0 saturated carbocycles. The molecule has 20 heavy (non-hydrogen) atoms. The quantitative estimate of drug-likeness (QED) is 0.879. The largest absolute Gasteiger partial charge is 0.326 e. The fraction of sp³-hybridized carbons (Fsp3) is 0.0714. The predicted octanol–water partition coefficient (Wildman–Crippen LogP) is 4.36. The molecule has 104 valence electrons. The fourth-order valence-electron chi connectivity index (χ4n) is 1.64. The van der Waals surface area contributed by atoms with Crippen molar-refractivity contribution in [1.82, 2.24) is 0 Å². The van der Waals surface area contributed by atoms with Gasteiger partial charge >= 0.3 is 0 Å². The zero-order valence-corrected chi connectivity index (χ0v) is 12.6. The third-order valence-electron chi connectivity index (χ3n) is 2.70. The maximum atomic E-state index is 12.1. The summed E-state index contributed by atoms with van der Waals surface area (Å²) in [7, 11) is 0. The molecule has 2 aromatic rings. The van der Waals surface area contributed by atoms with E-state index >= 15 is 0 Å². The molecule has 0 aliphatic heterocycles. The topological polar surface area (TPSA) is 55.1 Å². The molecule has 0 aliphatic rings. The lowest BCUT2D eigenvalue weighted by Gasteiger charge is -2.10. The second-order valence-electron chi connectivity index (χ2n) is 4.10. The zero-order valence-electron chi connectivity index (χ0n) is 10.3. The van der Waals surface area contributed by atoms with Crippen molar-refractivity contribution in [3.63, 3.8) is 0 Å². The van der Waals surface area contributed by atoms with Crippen LogP contribution in [0.25, 0.3) is 0 Å². The zero-order chi connectivity index (χ0) is 14.7. The van der Waals surface area contributed by atoms with Crippen LogP contribution in [0.3, 0.4) is 0 Å². The molecule has 0 unspecified atom stereocenters. The number of nitrogens with one attached hydrogen (secondary N) is 1. The van der Waals surface area contributed by atoms with Crippen LogP contribution in [0.15, 0.2) is 36.4 Å². The minimum absolute atomic E-state index is 0.287. The number of hydrogen-bond acceptors (Lipinski definition) is 2. The summed E-state index contributed by atoms with van der Waals surface area (Å²) in [5, 5.41) is 3.65. The Hall–Kier alpha value is -1.26. The summed E-state index contributed by atoms with van der Waals surface area (Å²) in [6.45, 7) is 0.427. The van der Waals surface area contributed by atoms with Gasteiger partial charge in [0.05, 0.1) is 15.7 Å². The summed E-state index contributed by atoms with van der Waals surface area (Å²) in [5.74, 6) is -0.306. The Morgan fingerprint density at radius 3 is 2.10 bits per heavy atom. The second kappa shape index (κ2) is 6.46. The van der Waals surface area contributed by atoms with Crippen molar-refractivity contribution in [2.24, 2.45) is 5.73 Å². The molecule has 0 radical (unpaired) electrons. The van der Waals surface area contributed by atoms with Gasteiger partial charge in [-0.3, -0.25) is 4.79 Å². The third kappa shape index (κ3) is 3.44. The second-order valence-corrected chi connectivity index (χ2v) is 5.35. The standard InChI is InChI=1S/C14H11Cl3N2O/c15-10-5-11(16)13(12(17)6-10)19-14(20)9-3-1-8(7-18)2-4-9/h1-6H,7,18H2,(H,19,20). The number of carbonyl (C=O) groups excluding carboxylic acids is 1. The van der Waals surface area contributed by atoms with E-state index in [0.29, 0.717) is 22.8 Å². The molecule has 3 N–H and O–H groups in total. The van der Waals surface area contributed by atoms with Gasteiger partial charge in [-0.25, -0.2) is 0 Å². The number of amides is 1. The van der Waals surface area contributed by atoms with Crippen LogP contribution in [0.2, 0.25) is 15.1 Å². The summed E-state index contributed by atoms with van der Waals surface area (Å²) < 4.78 is 0. The van der Waals surface area contributed by atoms with E-state index in [0.717, 1.165) is 5.56 Å². The van der Waals surface area contributed by atoms with Gasteiger partial charge in [0.1, 0.15) is 0 Å². The first-order chi connectivity index (χ1) is 9.51. The summed E-state index contributed by atoms with van der Waals surface area (Å²) in [5.41, 5.74) is 7.28. The Bertz CT molecular complexity index is 618. The van der Waals surface area contributed by atoms with Crippen LogP contribution in [0.4, 0.5) is 5.69 Å². The highest BCUT2D eigenvalue weighted by Gasteiger charge is 2.12. The molecule has 2 aromatic carbocycles. The van der Waals surface area contributed by atoms with Crippen LogP contribution in [0.1, 0.15) is 15.9 Å². The van der Waals surface area contributed by atoms with Crippen molar-refractivity contribution >= 4 is 46.4 Å². The lowest BCUT2D eigenvalue weighted by atomic mass is 10.1. The molecular weight excluding hydrogens is 319 g/mol. The maximum Gasteiger partial charge on any atom is 0.255 e. The molecule has 0 fully saturated rings. The molecule has 0 bridgehead atoms. The molecule has 0 atom stereocenters. The van der Waals surface area contributed by atoms with Gasteiger partial charge in [0, 0.05) is 17.1 Å². The van der Waals surface area contributed by atoms with Gasteiger partial charge < -0.3 is 11.1 Å². The van der Waals surface area contributed by atoms with Crippen molar-refractivity contribution in [3.8, 4) is 0 Å². The van der Waals surface area contributed by atoms with Gasteiger partial charge in [-0.05, 0) is 29.8 Å². The van der Waals surface area contributed by atoms with Gasteiger partial charge in [0.25, 0.3) is 5.91 Å².